The Bertz CT molecular complexity index is 489. The summed E-state index contributed by atoms with van der Waals surface area (Å²) in [6.45, 7) is 7.16. The standard InChI is InChI=1S/C14H16ClF3N2.2ClH/c1-2-13(20-7-5-19-6-8-20)10-3-4-11(12(15)9-10)14(16,17)18;;/h2-4,9,13,19H,1,5-8H2;2*1H/t13-;;/m0../s1. The van der Waals surface area contributed by atoms with E-state index in [1.807, 2.05) is 0 Å². The van der Waals surface area contributed by atoms with E-state index in [0.29, 0.717) is 0 Å². The van der Waals surface area contributed by atoms with Crippen LogP contribution >= 0.6 is 36.4 Å². The Morgan fingerprint density at radius 2 is 1.82 bits per heavy atom. The number of hydrogen-bond acceptors (Lipinski definition) is 2. The fourth-order valence-corrected chi connectivity index (χ4v) is 2.70. The Kier molecular flexibility index (Phi) is 8.80. The highest BCUT2D eigenvalue weighted by molar-refractivity contribution is 6.31. The van der Waals surface area contributed by atoms with E-state index in [0.717, 1.165) is 37.8 Å². The number of benzene rings is 1. The van der Waals surface area contributed by atoms with Crippen LogP contribution in [0.3, 0.4) is 0 Å². The fraction of sp³-hybridized carbons (Fsp3) is 0.429. The number of halogens is 6. The van der Waals surface area contributed by atoms with Gasteiger partial charge in [0.1, 0.15) is 0 Å². The maximum atomic E-state index is 12.7. The van der Waals surface area contributed by atoms with E-state index >= 15 is 0 Å². The molecule has 0 radical (unpaired) electrons. The molecular weight excluding hydrogens is 360 g/mol. The van der Waals surface area contributed by atoms with Crippen molar-refractivity contribution >= 4 is 36.4 Å². The van der Waals surface area contributed by atoms with Crippen LogP contribution in [-0.2, 0) is 6.18 Å². The number of nitrogens with one attached hydrogen (secondary N) is 1. The SMILES string of the molecule is C=C[C@@H](c1ccc(C(F)(F)F)c(Cl)c1)N1CCNCC1.Cl.Cl. The molecular formula is C14H18Cl3F3N2. The predicted octanol–water partition coefficient (Wildman–Crippen LogP) is 4.33. The largest absolute Gasteiger partial charge is 0.417 e. The van der Waals surface area contributed by atoms with Gasteiger partial charge in [-0.1, -0.05) is 23.7 Å². The lowest BCUT2D eigenvalue weighted by Gasteiger charge is -2.33. The molecule has 2 rings (SSSR count). The molecule has 1 heterocycles. The molecule has 8 heteroatoms. The minimum absolute atomic E-state index is 0. The van der Waals surface area contributed by atoms with Crippen LogP contribution in [0.2, 0.25) is 5.02 Å². The van der Waals surface area contributed by atoms with E-state index in [2.05, 4.69) is 16.8 Å². The predicted molar refractivity (Wildman–Crippen MR) is 88.3 cm³/mol. The lowest BCUT2D eigenvalue weighted by molar-refractivity contribution is -0.137. The van der Waals surface area contributed by atoms with Crippen molar-refractivity contribution in [3.05, 3.63) is 47.0 Å². The number of piperazine rings is 1. The molecule has 22 heavy (non-hydrogen) atoms. The molecule has 1 aromatic carbocycles. The first-order valence-electron chi connectivity index (χ1n) is 6.37. The van der Waals surface area contributed by atoms with Gasteiger partial charge in [0.15, 0.2) is 0 Å². The third-order valence-electron chi connectivity index (χ3n) is 3.41. The molecule has 1 aromatic rings. The average molecular weight is 378 g/mol. The summed E-state index contributed by atoms with van der Waals surface area (Å²) in [5.74, 6) is 0. The topological polar surface area (TPSA) is 15.3 Å². The van der Waals surface area contributed by atoms with E-state index in [4.69, 9.17) is 11.6 Å². The Morgan fingerprint density at radius 3 is 2.27 bits per heavy atom. The second-order valence-corrected chi connectivity index (χ2v) is 5.11. The van der Waals surface area contributed by atoms with Crippen LogP contribution < -0.4 is 5.32 Å². The first-order chi connectivity index (χ1) is 9.43. The molecule has 1 atom stereocenters. The summed E-state index contributed by atoms with van der Waals surface area (Å²) in [6, 6.07) is 3.79. The molecule has 0 aliphatic carbocycles. The summed E-state index contributed by atoms with van der Waals surface area (Å²) in [5, 5.41) is 2.97. The Balaban J connectivity index is 0.00000220. The van der Waals surface area contributed by atoms with Crippen LogP contribution in [0.4, 0.5) is 13.2 Å². The quantitative estimate of drug-likeness (QED) is 0.789. The molecule has 0 amide bonds. The molecule has 1 aliphatic heterocycles. The van der Waals surface area contributed by atoms with Crippen LogP contribution in [0.5, 0.6) is 0 Å². The summed E-state index contributed by atoms with van der Waals surface area (Å²) in [5.41, 5.74) is -0.0639. The monoisotopic (exact) mass is 376 g/mol. The lowest BCUT2D eigenvalue weighted by atomic mass is 10.0. The van der Waals surface area contributed by atoms with Crippen molar-refractivity contribution in [1.29, 1.82) is 0 Å². The summed E-state index contributed by atoms with van der Waals surface area (Å²) >= 11 is 5.77. The molecule has 0 saturated carbocycles. The summed E-state index contributed by atoms with van der Waals surface area (Å²) in [7, 11) is 0. The van der Waals surface area contributed by atoms with Crippen molar-refractivity contribution in [2.24, 2.45) is 0 Å². The molecule has 126 valence electrons. The lowest BCUT2D eigenvalue weighted by Crippen LogP contribution is -2.44. The molecule has 0 unspecified atom stereocenters. The van der Waals surface area contributed by atoms with Crippen molar-refractivity contribution in [2.45, 2.75) is 12.2 Å². The normalized spacial score (nSPS) is 17.1. The van der Waals surface area contributed by atoms with Crippen LogP contribution in [0.15, 0.2) is 30.9 Å². The van der Waals surface area contributed by atoms with Crippen molar-refractivity contribution in [3.8, 4) is 0 Å². The minimum Gasteiger partial charge on any atom is -0.314 e. The number of rotatable bonds is 3. The van der Waals surface area contributed by atoms with Gasteiger partial charge in [0.05, 0.1) is 16.6 Å². The van der Waals surface area contributed by atoms with E-state index in [1.165, 1.54) is 12.1 Å². The molecule has 1 N–H and O–H groups in total. The summed E-state index contributed by atoms with van der Waals surface area (Å²) in [4.78, 5) is 2.17. The molecule has 1 fully saturated rings. The van der Waals surface area contributed by atoms with Gasteiger partial charge in [0, 0.05) is 26.2 Å². The van der Waals surface area contributed by atoms with Crippen molar-refractivity contribution in [3.63, 3.8) is 0 Å². The van der Waals surface area contributed by atoms with Gasteiger partial charge in [-0.15, -0.1) is 31.4 Å². The van der Waals surface area contributed by atoms with Crippen LogP contribution in [0.1, 0.15) is 17.2 Å². The zero-order valence-corrected chi connectivity index (χ0v) is 14.1. The van der Waals surface area contributed by atoms with Gasteiger partial charge in [-0.3, -0.25) is 4.90 Å². The number of nitrogens with zero attached hydrogens (tertiary/aromatic N) is 1. The first kappa shape index (κ1) is 21.5. The van der Waals surface area contributed by atoms with Gasteiger partial charge in [0.25, 0.3) is 0 Å². The number of hydrogen-bond donors (Lipinski definition) is 1. The van der Waals surface area contributed by atoms with Crippen molar-refractivity contribution in [1.82, 2.24) is 10.2 Å². The second-order valence-electron chi connectivity index (χ2n) is 4.70. The Morgan fingerprint density at radius 1 is 1.23 bits per heavy atom. The summed E-state index contributed by atoms with van der Waals surface area (Å²) in [6.07, 6.45) is -2.68. The third-order valence-corrected chi connectivity index (χ3v) is 3.72. The van der Waals surface area contributed by atoms with Crippen LogP contribution in [-0.4, -0.2) is 31.1 Å². The van der Waals surface area contributed by atoms with Gasteiger partial charge in [-0.2, -0.15) is 13.2 Å². The van der Waals surface area contributed by atoms with E-state index < -0.39 is 11.7 Å². The van der Waals surface area contributed by atoms with Gasteiger partial charge in [0.2, 0.25) is 0 Å². The van der Waals surface area contributed by atoms with Gasteiger partial charge in [-0.25, -0.2) is 0 Å². The maximum Gasteiger partial charge on any atom is 0.417 e. The van der Waals surface area contributed by atoms with E-state index in [9.17, 15) is 13.2 Å². The second kappa shape index (κ2) is 8.99. The van der Waals surface area contributed by atoms with Crippen LogP contribution in [0.25, 0.3) is 0 Å². The smallest absolute Gasteiger partial charge is 0.314 e. The van der Waals surface area contributed by atoms with Crippen molar-refractivity contribution in [2.75, 3.05) is 26.2 Å². The molecule has 0 bridgehead atoms. The summed E-state index contributed by atoms with van der Waals surface area (Å²) < 4.78 is 38.1. The van der Waals surface area contributed by atoms with Gasteiger partial charge >= 0.3 is 6.18 Å². The van der Waals surface area contributed by atoms with Gasteiger partial charge < -0.3 is 5.32 Å². The minimum atomic E-state index is -4.42. The molecule has 1 aliphatic rings. The Labute approximate surface area is 145 Å². The fourth-order valence-electron chi connectivity index (χ4n) is 2.40. The zero-order valence-electron chi connectivity index (χ0n) is 11.7. The molecule has 0 spiro atoms. The van der Waals surface area contributed by atoms with E-state index in [1.54, 1.807) is 6.08 Å². The highest BCUT2D eigenvalue weighted by Crippen LogP contribution is 2.36. The molecule has 0 aromatic heterocycles. The molecule has 2 nitrogen and oxygen atoms in total. The Hall–Kier alpha value is -0.460. The van der Waals surface area contributed by atoms with Gasteiger partial charge in [-0.05, 0) is 17.7 Å². The van der Waals surface area contributed by atoms with Crippen LogP contribution in [0, 0.1) is 0 Å². The maximum absolute atomic E-state index is 12.7. The highest BCUT2D eigenvalue weighted by Gasteiger charge is 2.33. The molecule has 1 saturated heterocycles. The third kappa shape index (κ3) is 5.03. The van der Waals surface area contributed by atoms with E-state index in [-0.39, 0.29) is 35.9 Å². The first-order valence-corrected chi connectivity index (χ1v) is 6.75. The average Bonchev–Trinajstić information content (AvgIpc) is 2.39. The zero-order chi connectivity index (χ0) is 14.8. The van der Waals surface area contributed by atoms with Crippen molar-refractivity contribution < 1.29 is 13.2 Å². The number of alkyl halides is 3. The highest BCUT2D eigenvalue weighted by atomic mass is 35.5.